The normalized spacial score (nSPS) is 10.3. The average molecular weight is 453 g/mol. The van der Waals surface area contributed by atoms with Crippen LogP contribution in [-0.2, 0) is 19.6 Å². The molecule has 3 rings (SSSR count). The minimum atomic E-state index is 0. The van der Waals surface area contributed by atoms with Crippen molar-refractivity contribution in [1.29, 1.82) is 0 Å². The van der Waals surface area contributed by atoms with E-state index in [4.69, 9.17) is 32.7 Å². The summed E-state index contributed by atoms with van der Waals surface area (Å²) in [5.41, 5.74) is 3.22. The third kappa shape index (κ3) is 6.83. The second-order valence-electron chi connectivity index (χ2n) is 6.39. The highest BCUT2D eigenvalue weighted by Crippen LogP contribution is 2.31. The highest BCUT2D eigenvalue weighted by atomic mass is 35.5. The molecule has 3 aromatic rings. The molecule has 6 heteroatoms. The molecule has 0 aliphatic heterocycles. The molecular formula is C23H24Cl3NO2. The van der Waals surface area contributed by atoms with Gasteiger partial charge in [0, 0.05) is 22.2 Å². The second-order valence-corrected chi connectivity index (χ2v) is 7.20. The molecule has 0 radical (unpaired) electrons. The molecule has 0 fully saturated rings. The summed E-state index contributed by atoms with van der Waals surface area (Å²) in [5.74, 6) is 1.34. The van der Waals surface area contributed by atoms with Gasteiger partial charge in [-0.25, -0.2) is 0 Å². The lowest BCUT2D eigenvalue weighted by molar-refractivity contribution is 0.284. The van der Waals surface area contributed by atoms with Gasteiger partial charge in [0.15, 0.2) is 11.5 Å². The molecule has 0 aromatic heterocycles. The van der Waals surface area contributed by atoms with E-state index in [1.807, 2.05) is 30.3 Å². The van der Waals surface area contributed by atoms with Crippen LogP contribution >= 0.6 is 35.6 Å². The highest BCUT2D eigenvalue weighted by molar-refractivity contribution is 6.35. The van der Waals surface area contributed by atoms with E-state index >= 15 is 0 Å². The van der Waals surface area contributed by atoms with E-state index in [0.717, 1.165) is 30.6 Å². The van der Waals surface area contributed by atoms with Crippen LogP contribution in [0.1, 0.15) is 16.7 Å². The fourth-order valence-electron chi connectivity index (χ4n) is 2.87. The number of methoxy groups -OCH3 is 1. The van der Waals surface area contributed by atoms with Crippen molar-refractivity contribution < 1.29 is 9.47 Å². The van der Waals surface area contributed by atoms with Crippen molar-refractivity contribution >= 4 is 35.6 Å². The molecule has 0 saturated carbocycles. The Bertz CT molecular complexity index is 884. The fraction of sp³-hybridized carbons (Fsp3) is 0.217. The first-order valence-electron chi connectivity index (χ1n) is 9.14. The third-order valence-electron chi connectivity index (χ3n) is 4.42. The molecule has 3 nitrogen and oxygen atoms in total. The summed E-state index contributed by atoms with van der Waals surface area (Å²) in [7, 11) is 1.64. The van der Waals surface area contributed by atoms with Crippen LogP contribution < -0.4 is 14.8 Å². The Kier molecular flexibility index (Phi) is 9.62. The molecule has 3 aromatic carbocycles. The number of nitrogens with one attached hydrogen (secondary N) is 1. The number of halogens is 3. The fourth-order valence-corrected chi connectivity index (χ4v) is 3.38. The lowest BCUT2D eigenvalue weighted by Gasteiger charge is -2.14. The average Bonchev–Trinajstić information content (AvgIpc) is 2.72. The third-order valence-corrected chi connectivity index (χ3v) is 5.13. The zero-order valence-corrected chi connectivity index (χ0v) is 18.5. The van der Waals surface area contributed by atoms with Gasteiger partial charge in [0.25, 0.3) is 0 Å². The number of hydrogen-bond acceptors (Lipinski definition) is 3. The van der Waals surface area contributed by atoms with Crippen molar-refractivity contribution in [3.8, 4) is 11.5 Å². The molecule has 0 bridgehead atoms. The van der Waals surface area contributed by atoms with Gasteiger partial charge in [0.2, 0.25) is 0 Å². The Labute approximate surface area is 188 Å². The van der Waals surface area contributed by atoms with Gasteiger partial charge >= 0.3 is 0 Å². The molecule has 0 saturated heterocycles. The lowest BCUT2D eigenvalue weighted by Crippen LogP contribution is -2.16. The van der Waals surface area contributed by atoms with Crippen LogP contribution in [-0.4, -0.2) is 13.7 Å². The standard InChI is InChI=1S/C23H23Cl2NO2.ClH/c1-27-23-14-18(15-26-13-12-17-6-3-2-4-7-17)10-11-22(23)28-16-19-20(24)8-5-9-21(19)25;/h2-11,14,26H,12-13,15-16H2,1H3;1H. The van der Waals surface area contributed by atoms with E-state index in [2.05, 4.69) is 29.6 Å². The number of rotatable bonds is 9. The summed E-state index contributed by atoms with van der Waals surface area (Å²) in [5, 5.41) is 4.64. The molecular weight excluding hydrogens is 429 g/mol. The molecule has 1 N–H and O–H groups in total. The first kappa shape index (κ1) is 23.4. The van der Waals surface area contributed by atoms with E-state index in [1.54, 1.807) is 19.2 Å². The molecule has 0 aliphatic rings. The van der Waals surface area contributed by atoms with Crippen molar-refractivity contribution in [3.63, 3.8) is 0 Å². The van der Waals surface area contributed by atoms with Crippen molar-refractivity contribution in [2.24, 2.45) is 0 Å². The van der Waals surface area contributed by atoms with Crippen molar-refractivity contribution in [2.45, 2.75) is 19.6 Å². The largest absolute Gasteiger partial charge is 0.493 e. The first-order valence-corrected chi connectivity index (χ1v) is 9.90. The van der Waals surface area contributed by atoms with Gasteiger partial charge in [-0.15, -0.1) is 12.4 Å². The smallest absolute Gasteiger partial charge is 0.161 e. The minimum absolute atomic E-state index is 0. The van der Waals surface area contributed by atoms with Crippen LogP contribution in [0.3, 0.4) is 0 Å². The molecule has 0 atom stereocenters. The number of ether oxygens (including phenoxy) is 2. The SMILES string of the molecule is COc1cc(CNCCc2ccccc2)ccc1OCc1c(Cl)cccc1Cl.Cl. The van der Waals surface area contributed by atoms with Crippen LogP contribution in [0.5, 0.6) is 11.5 Å². The van der Waals surface area contributed by atoms with Gasteiger partial charge in [0.05, 0.1) is 7.11 Å². The predicted octanol–water partition coefficient (Wildman–Crippen LogP) is 6.34. The summed E-state index contributed by atoms with van der Waals surface area (Å²) >= 11 is 12.4. The Morgan fingerprint density at radius 1 is 0.828 bits per heavy atom. The molecule has 154 valence electrons. The number of benzene rings is 3. The van der Waals surface area contributed by atoms with Crippen LogP contribution in [0.15, 0.2) is 66.7 Å². The van der Waals surface area contributed by atoms with Crippen LogP contribution in [0.25, 0.3) is 0 Å². The van der Waals surface area contributed by atoms with Gasteiger partial charge in [-0.05, 0) is 48.4 Å². The van der Waals surface area contributed by atoms with Crippen molar-refractivity contribution in [2.75, 3.05) is 13.7 Å². The van der Waals surface area contributed by atoms with E-state index < -0.39 is 0 Å². The van der Waals surface area contributed by atoms with E-state index in [1.165, 1.54) is 5.56 Å². The summed E-state index contributed by atoms with van der Waals surface area (Å²) in [6, 6.07) is 21.8. The molecule has 0 amide bonds. The molecule has 0 unspecified atom stereocenters. The summed E-state index contributed by atoms with van der Waals surface area (Å²) < 4.78 is 11.4. The summed E-state index contributed by atoms with van der Waals surface area (Å²) in [6.07, 6.45) is 0.998. The molecule has 29 heavy (non-hydrogen) atoms. The lowest BCUT2D eigenvalue weighted by atomic mass is 10.1. The van der Waals surface area contributed by atoms with E-state index in [0.29, 0.717) is 21.5 Å². The van der Waals surface area contributed by atoms with Gasteiger partial charge in [-0.1, -0.05) is 65.7 Å². The van der Waals surface area contributed by atoms with Gasteiger partial charge in [-0.2, -0.15) is 0 Å². The minimum Gasteiger partial charge on any atom is -0.493 e. The van der Waals surface area contributed by atoms with E-state index in [-0.39, 0.29) is 19.0 Å². The highest BCUT2D eigenvalue weighted by Gasteiger charge is 2.10. The maximum absolute atomic E-state index is 6.21. The predicted molar refractivity (Wildman–Crippen MR) is 123 cm³/mol. The Morgan fingerprint density at radius 3 is 2.24 bits per heavy atom. The van der Waals surface area contributed by atoms with Gasteiger partial charge in [-0.3, -0.25) is 0 Å². The molecule has 0 heterocycles. The topological polar surface area (TPSA) is 30.5 Å². The maximum atomic E-state index is 6.21. The van der Waals surface area contributed by atoms with Crippen LogP contribution in [0, 0.1) is 0 Å². The van der Waals surface area contributed by atoms with Gasteiger partial charge in [0.1, 0.15) is 6.61 Å². The summed E-state index contributed by atoms with van der Waals surface area (Å²) in [4.78, 5) is 0. The Morgan fingerprint density at radius 2 is 1.55 bits per heavy atom. The van der Waals surface area contributed by atoms with Crippen LogP contribution in [0.2, 0.25) is 10.0 Å². The Hall–Kier alpha value is -1.91. The molecule has 0 spiro atoms. The zero-order chi connectivity index (χ0) is 19.8. The quantitative estimate of drug-likeness (QED) is 0.384. The zero-order valence-electron chi connectivity index (χ0n) is 16.2. The van der Waals surface area contributed by atoms with Gasteiger partial charge < -0.3 is 14.8 Å². The number of hydrogen-bond donors (Lipinski definition) is 1. The first-order chi connectivity index (χ1) is 13.7. The monoisotopic (exact) mass is 451 g/mol. The van der Waals surface area contributed by atoms with Crippen molar-refractivity contribution in [3.05, 3.63) is 93.5 Å². The maximum Gasteiger partial charge on any atom is 0.161 e. The van der Waals surface area contributed by atoms with Crippen LogP contribution in [0.4, 0.5) is 0 Å². The van der Waals surface area contributed by atoms with Crippen molar-refractivity contribution in [1.82, 2.24) is 5.32 Å². The van der Waals surface area contributed by atoms with E-state index in [9.17, 15) is 0 Å². The second kappa shape index (κ2) is 11.9. The molecule has 0 aliphatic carbocycles. The summed E-state index contributed by atoms with van der Waals surface area (Å²) in [6.45, 7) is 1.96. The Balaban J connectivity index is 0.00000300.